The average Bonchev–Trinajstić information content (AvgIpc) is 3.54. The number of thioether (sulfide) groups is 1. The number of likely N-dealkylation sites (tertiary alicyclic amines) is 1. The molecule has 2 aromatic carbocycles. The average molecular weight is 432 g/mol. The Morgan fingerprint density at radius 1 is 1.06 bits per heavy atom. The minimum absolute atomic E-state index is 0.0890. The van der Waals surface area contributed by atoms with Crippen molar-refractivity contribution in [1.82, 2.24) is 24.6 Å². The van der Waals surface area contributed by atoms with Gasteiger partial charge in [-0.3, -0.25) is 14.3 Å². The molecule has 4 aromatic rings. The van der Waals surface area contributed by atoms with Gasteiger partial charge >= 0.3 is 0 Å². The SMILES string of the molecule is CC(Sc1nnc(CN2CCCC2)n1-c1ccccc1)C(=O)c1c[nH]c2ccccc12. The first-order chi connectivity index (χ1) is 15.2. The topological polar surface area (TPSA) is 66.8 Å². The van der Waals surface area contributed by atoms with E-state index in [9.17, 15) is 4.79 Å². The Labute approximate surface area is 185 Å². The maximum Gasteiger partial charge on any atom is 0.196 e. The maximum absolute atomic E-state index is 13.3. The number of aromatic amines is 1. The third-order valence-electron chi connectivity index (χ3n) is 5.78. The van der Waals surface area contributed by atoms with Crippen molar-refractivity contribution in [2.45, 2.75) is 36.7 Å². The molecular formula is C24H25N5OS. The van der Waals surface area contributed by atoms with Crippen molar-refractivity contribution in [2.75, 3.05) is 13.1 Å². The lowest BCUT2D eigenvalue weighted by molar-refractivity contribution is 0.0995. The lowest BCUT2D eigenvalue weighted by atomic mass is 10.1. The van der Waals surface area contributed by atoms with Crippen molar-refractivity contribution >= 4 is 28.4 Å². The number of H-pyrrole nitrogens is 1. The van der Waals surface area contributed by atoms with Gasteiger partial charge < -0.3 is 4.98 Å². The second kappa shape index (κ2) is 8.69. The number of ketones is 1. The Morgan fingerprint density at radius 2 is 1.81 bits per heavy atom. The van der Waals surface area contributed by atoms with Crippen LogP contribution in [0.1, 0.15) is 35.9 Å². The van der Waals surface area contributed by atoms with Crippen molar-refractivity contribution in [2.24, 2.45) is 0 Å². The Kier molecular flexibility index (Phi) is 5.61. The molecule has 0 amide bonds. The van der Waals surface area contributed by atoms with Crippen LogP contribution in [0.5, 0.6) is 0 Å². The molecule has 1 unspecified atom stereocenters. The molecular weight excluding hydrogens is 406 g/mol. The molecule has 2 aromatic heterocycles. The summed E-state index contributed by atoms with van der Waals surface area (Å²) in [7, 11) is 0. The molecule has 0 spiro atoms. The number of nitrogens with one attached hydrogen (secondary N) is 1. The Balaban J connectivity index is 1.44. The number of para-hydroxylation sites is 2. The number of nitrogens with zero attached hydrogens (tertiary/aromatic N) is 4. The summed E-state index contributed by atoms with van der Waals surface area (Å²) in [6.45, 7) is 4.91. The first-order valence-electron chi connectivity index (χ1n) is 10.7. The fourth-order valence-electron chi connectivity index (χ4n) is 4.16. The zero-order valence-electron chi connectivity index (χ0n) is 17.5. The fourth-order valence-corrected chi connectivity index (χ4v) is 5.12. The number of hydrogen-bond acceptors (Lipinski definition) is 5. The van der Waals surface area contributed by atoms with E-state index < -0.39 is 0 Å². The smallest absolute Gasteiger partial charge is 0.196 e. The van der Waals surface area contributed by atoms with Gasteiger partial charge in [-0.05, 0) is 51.1 Å². The number of aromatic nitrogens is 4. The van der Waals surface area contributed by atoms with Crippen molar-refractivity contribution in [3.05, 3.63) is 72.2 Å². The van der Waals surface area contributed by atoms with E-state index in [-0.39, 0.29) is 11.0 Å². The fraction of sp³-hybridized carbons (Fsp3) is 0.292. The highest BCUT2D eigenvalue weighted by Crippen LogP contribution is 2.30. The largest absolute Gasteiger partial charge is 0.360 e. The van der Waals surface area contributed by atoms with Gasteiger partial charge in [-0.15, -0.1) is 10.2 Å². The second-order valence-corrected chi connectivity index (χ2v) is 9.23. The molecule has 0 saturated carbocycles. The number of fused-ring (bicyclic) bond motifs is 1. The minimum atomic E-state index is -0.287. The highest BCUT2D eigenvalue weighted by molar-refractivity contribution is 8.00. The molecule has 1 saturated heterocycles. The minimum Gasteiger partial charge on any atom is -0.360 e. The van der Waals surface area contributed by atoms with Crippen LogP contribution in [0.15, 0.2) is 66.0 Å². The molecule has 1 N–H and O–H groups in total. The van der Waals surface area contributed by atoms with E-state index >= 15 is 0 Å². The summed E-state index contributed by atoms with van der Waals surface area (Å²) in [5.41, 5.74) is 2.72. The summed E-state index contributed by atoms with van der Waals surface area (Å²) in [6.07, 6.45) is 4.28. The predicted molar refractivity (Wildman–Crippen MR) is 124 cm³/mol. The summed E-state index contributed by atoms with van der Waals surface area (Å²) in [4.78, 5) is 18.9. The van der Waals surface area contributed by atoms with E-state index in [0.717, 1.165) is 52.8 Å². The monoisotopic (exact) mass is 431 g/mol. The molecule has 0 radical (unpaired) electrons. The number of Topliss-reactive ketones (excluding diaryl/α,β-unsaturated/α-hetero) is 1. The number of rotatable bonds is 7. The molecule has 5 rings (SSSR count). The molecule has 3 heterocycles. The van der Waals surface area contributed by atoms with Gasteiger partial charge in [0.1, 0.15) is 0 Å². The molecule has 1 atom stereocenters. The Bertz CT molecular complexity index is 1190. The lowest BCUT2D eigenvalue weighted by Crippen LogP contribution is -2.21. The highest BCUT2D eigenvalue weighted by Gasteiger charge is 2.25. The molecule has 1 fully saturated rings. The molecule has 31 heavy (non-hydrogen) atoms. The van der Waals surface area contributed by atoms with Gasteiger partial charge in [-0.25, -0.2) is 0 Å². The normalized spacial score (nSPS) is 15.5. The van der Waals surface area contributed by atoms with Gasteiger partial charge in [0.2, 0.25) is 0 Å². The molecule has 0 aliphatic carbocycles. The Hall–Kier alpha value is -2.90. The van der Waals surface area contributed by atoms with E-state index in [1.807, 2.05) is 55.6 Å². The summed E-state index contributed by atoms with van der Waals surface area (Å²) in [5.74, 6) is 1.01. The number of benzene rings is 2. The zero-order chi connectivity index (χ0) is 21.2. The summed E-state index contributed by atoms with van der Waals surface area (Å²) < 4.78 is 2.10. The molecule has 7 heteroatoms. The number of hydrogen-bond donors (Lipinski definition) is 1. The predicted octanol–water partition coefficient (Wildman–Crippen LogP) is 4.71. The standard InChI is InChI=1S/C24H25N5OS/c1-17(23(30)20-15-25-21-12-6-5-11-19(20)21)31-24-27-26-22(16-28-13-7-8-14-28)29(24)18-9-3-2-4-10-18/h2-6,9-12,15,17,25H,7-8,13-14,16H2,1H3. The summed E-state index contributed by atoms with van der Waals surface area (Å²) in [5, 5.41) is 10.4. The first kappa shape index (κ1) is 20.0. The van der Waals surface area contributed by atoms with Crippen molar-refractivity contribution in [3.8, 4) is 5.69 Å². The molecule has 0 bridgehead atoms. The van der Waals surface area contributed by atoms with Crippen LogP contribution in [-0.2, 0) is 6.54 Å². The van der Waals surface area contributed by atoms with Gasteiger partial charge in [0.25, 0.3) is 0 Å². The van der Waals surface area contributed by atoms with Crippen LogP contribution in [0, 0.1) is 0 Å². The van der Waals surface area contributed by atoms with E-state index in [1.54, 1.807) is 0 Å². The summed E-state index contributed by atoms with van der Waals surface area (Å²) in [6, 6.07) is 18.1. The third kappa shape index (κ3) is 4.03. The quantitative estimate of drug-likeness (QED) is 0.339. The lowest BCUT2D eigenvalue weighted by Gasteiger charge is -2.16. The second-order valence-electron chi connectivity index (χ2n) is 7.93. The van der Waals surface area contributed by atoms with Gasteiger partial charge in [-0.2, -0.15) is 0 Å². The Morgan fingerprint density at radius 3 is 2.61 bits per heavy atom. The van der Waals surface area contributed by atoms with Gasteiger partial charge in [0.05, 0.1) is 11.8 Å². The van der Waals surface area contributed by atoms with Crippen molar-refractivity contribution < 1.29 is 4.79 Å². The third-order valence-corrected chi connectivity index (χ3v) is 6.83. The van der Waals surface area contributed by atoms with E-state index in [4.69, 9.17) is 0 Å². The van der Waals surface area contributed by atoms with Crippen LogP contribution in [0.2, 0.25) is 0 Å². The first-order valence-corrected chi connectivity index (χ1v) is 11.6. The van der Waals surface area contributed by atoms with Crippen LogP contribution < -0.4 is 0 Å². The number of carbonyl (C=O) groups is 1. The molecule has 6 nitrogen and oxygen atoms in total. The molecule has 1 aliphatic heterocycles. The van der Waals surface area contributed by atoms with Crippen LogP contribution in [0.4, 0.5) is 0 Å². The van der Waals surface area contributed by atoms with Gasteiger partial charge in [0, 0.05) is 28.4 Å². The van der Waals surface area contributed by atoms with E-state index in [0.29, 0.717) is 0 Å². The zero-order valence-corrected chi connectivity index (χ0v) is 18.3. The van der Waals surface area contributed by atoms with Crippen LogP contribution in [0.3, 0.4) is 0 Å². The van der Waals surface area contributed by atoms with Gasteiger partial charge in [0.15, 0.2) is 16.8 Å². The summed E-state index contributed by atoms with van der Waals surface area (Å²) >= 11 is 1.47. The molecule has 1 aliphatic rings. The number of carbonyl (C=O) groups excluding carboxylic acids is 1. The van der Waals surface area contributed by atoms with Gasteiger partial charge in [-0.1, -0.05) is 48.2 Å². The molecule has 158 valence electrons. The highest BCUT2D eigenvalue weighted by atomic mass is 32.2. The van der Waals surface area contributed by atoms with Crippen molar-refractivity contribution in [3.63, 3.8) is 0 Å². The van der Waals surface area contributed by atoms with E-state index in [2.05, 4.69) is 36.8 Å². The van der Waals surface area contributed by atoms with Crippen LogP contribution in [0.25, 0.3) is 16.6 Å². The van der Waals surface area contributed by atoms with Crippen LogP contribution >= 0.6 is 11.8 Å². The van der Waals surface area contributed by atoms with Crippen molar-refractivity contribution in [1.29, 1.82) is 0 Å². The maximum atomic E-state index is 13.3. The van der Waals surface area contributed by atoms with Crippen LogP contribution in [-0.4, -0.2) is 48.8 Å². The van der Waals surface area contributed by atoms with E-state index in [1.165, 1.54) is 24.6 Å².